The SMILES string of the molecule is CCC[C@H]1C(=O)N[C@@H](C2CCCC2)C(=O)N(C)CC(=O)N(C)[C@H]2C/C=C\CCN(C2=O)[C@@H](CC2CCC(C)CC2)C(=O)N(C)CC(=O)N[C@@H](CCC2CCC(C(F)(F)F)C(OC)C2)C(=O)N2CC3(CC3)C[C@H]2C(=O)NC2(CC(C)(C)C2)C(=O)N(C)[C@@H](C2CCCC2)C(=O)N(C)[C@H](C(=O)N(C)C)CC(=O)N1C. The number of hydrogen-bond donors (Lipinski definition) is 3. The average molecular weight is 1490 g/mol. The zero-order valence-corrected chi connectivity index (χ0v) is 65.4. The van der Waals surface area contributed by atoms with Gasteiger partial charge in [-0.1, -0.05) is 97.6 Å². The number of amides is 12. The number of fused-ring (bicyclic) bond motifs is 3. The maximum absolute atomic E-state index is 15.8. The molecule has 2 bridgehead atoms. The van der Waals surface area contributed by atoms with Gasteiger partial charge in [0.25, 0.3) is 0 Å². The van der Waals surface area contributed by atoms with Crippen molar-refractivity contribution in [3.05, 3.63) is 12.2 Å². The van der Waals surface area contributed by atoms with Crippen molar-refractivity contribution >= 4 is 70.9 Å². The van der Waals surface area contributed by atoms with E-state index in [1.165, 1.54) is 108 Å². The van der Waals surface area contributed by atoms with E-state index in [1.807, 2.05) is 32.9 Å². The number of rotatable bonds is 11. The summed E-state index contributed by atoms with van der Waals surface area (Å²) in [6, 6.07) is -9.65. The minimum Gasteiger partial charge on any atom is -0.381 e. The lowest BCUT2D eigenvalue weighted by molar-refractivity contribution is -0.215. The van der Waals surface area contributed by atoms with Gasteiger partial charge < -0.3 is 64.8 Å². The van der Waals surface area contributed by atoms with Crippen molar-refractivity contribution in [3.63, 3.8) is 0 Å². The Labute approximate surface area is 625 Å². The van der Waals surface area contributed by atoms with E-state index in [-0.39, 0.29) is 101 Å². The Morgan fingerprint density at radius 2 is 1.26 bits per heavy atom. The fourth-order valence-corrected chi connectivity index (χ4v) is 19.3. The number of nitrogens with zero attached hydrogens (tertiary/aromatic N) is 9. The molecule has 3 aliphatic heterocycles. The normalized spacial score (nSPS) is 32.8. The van der Waals surface area contributed by atoms with Gasteiger partial charge in [0.05, 0.1) is 31.5 Å². The molecule has 3 heterocycles. The molecule has 594 valence electrons. The summed E-state index contributed by atoms with van der Waals surface area (Å²) in [6.45, 7) is 7.06. The van der Waals surface area contributed by atoms with Crippen LogP contribution in [-0.4, -0.2) is 271 Å². The van der Waals surface area contributed by atoms with E-state index in [1.54, 1.807) is 0 Å². The van der Waals surface area contributed by atoms with E-state index < -0.39 is 179 Å². The van der Waals surface area contributed by atoms with Crippen molar-refractivity contribution in [1.82, 2.24) is 60.0 Å². The first kappa shape index (κ1) is 83.2. The van der Waals surface area contributed by atoms with Gasteiger partial charge in [0.15, 0.2) is 0 Å². The summed E-state index contributed by atoms with van der Waals surface area (Å²) in [5.41, 5.74) is -2.55. The van der Waals surface area contributed by atoms with Gasteiger partial charge in [0.1, 0.15) is 53.9 Å². The predicted octanol–water partition coefficient (Wildman–Crippen LogP) is 6.45. The van der Waals surface area contributed by atoms with E-state index in [2.05, 4.69) is 22.9 Å². The predicted molar refractivity (Wildman–Crippen MR) is 390 cm³/mol. The van der Waals surface area contributed by atoms with E-state index in [9.17, 15) is 41.9 Å². The molecule has 0 aromatic carbocycles. The Kier molecular flexibility index (Phi) is 27.3. The fourth-order valence-electron chi connectivity index (χ4n) is 19.3. The van der Waals surface area contributed by atoms with Crippen LogP contribution < -0.4 is 16.0 Å². The molecule has 2 spiro atoms. The molecular formula is C78H123F3N12O13. The summed E-state index contributed by atoms with van der Waals surface area (Å²) >= 11 is 0. The standard InChI is InChI=1S/C78H123F3N12O13/c1-14-22-55-66(97)83-64(51-23-17-18-24-51)72(103)87(8)44-63(96)89(10)56-27-16-15-21-38-92(71(56)102)58(39-49-30-28-48(2)29-31-49)70(101)86(7)43-61(94)82-54(35-33-50-32-34-53(78(79,80)81)60(40-50)106-13)68(99)93-47-76(36-37-76)42-59(93)67(98)84-77(45-75(3,4)46-77)74(105)91(12)65(52-25-19-20-26-52)73(104)90(11)57(69(100)85(5)6)41-62(95)88(55)9/h15-16,48-60,64-65H,14,17-47H2,1-13H3,(H,82,94)(H,83,97)(H,84,98)/b16-15-/t48?,49?,50?,53?,54-,55-,56-,57-,58-,59-,60?,64-,65-/m0/s1. The largest absolute Gasteiger partial charge is 0.394 e. The smallest absolute Gasteiger partial charge is 0.381 e. The number of nitrogens with one attached hydrogen (secondary N) is 3. The highest BCUT2D eigenvalue weighted by Gasteiger charge is 2.62. The number of halogens is 3. The Morgan fingerprint density at radius 1 is 0.642 bits per heavy atom. The summed E-state index contributed by atoms with van der Waals surface area (Å²) in [6.07, 6.45) is 9.43. The van der Waals surface area contributed by atoms with Crippen LogP contribution in [0.25, 0.3) is 0 Å². The quantitative estimate of drug-likeness (QED) is 0.188. The molecule has 9 aliphatic rings. The molecule has 6 saturated carbocycles. The maximum Gasteiger partial charge on any atom is 0.394 e. The van der Waals surface area contributed by atoms with E-state index in [4.69, 9.17) is 4.74 Å². The van der Waals surface area contributed by atoms with Gasteiger partial charge in [0, 0.05) is 76.6 Å². The zero-order valence-electron chi connectivity index (χ0n) is 65.4. The van der Waals surface area contributed by atoms with E-state index in [0.29, 0.717) is 57.3 Å². The topological polar surface area (TPSA) is 279 Å². The van der Waals surface area contributed by atoms with Crippen molar-refractivity contribution < 1.29 is 75.4 Å². The van der Waals surface area contributed by atoms with Crippen molar-refractivity contribution in [2.75, 3.05) is 89.7 Å². The van der Waals surface area contributed by atoms with E-state index >= 15 is 28.8 Å². The molecule has 106 heavy (non-hydrogen) atoms. The monoisotopic (exact) mass is 1490 g/mol. The molecule has 2 saturated heterocycles. The van der Waals surface area contributed by atoms with Crippen LogP contribution in [0, 0.1) is 46.3 Å². The highest BCUT2D eigenvalue weighted by atomic mass is 19.4. The van der Waals surface area contributed by atoms with E-state index in [0.717, 1.165) is 51.4 Å². The first-order valence-corrected chi connectivity index (χ1v) is 39.5. The number of hydrogen-bond acceptors (Lipinski definition) is 13. The van der Waals surface area contributed by atoms with Crippen LogP contribution in [0.15, 0.2) is 12.2 Å². The fraction of sp³-hybridized carbons (Fsp3) is 0.821. The van der Waals surface area contributed by atoms with Crippen LogP contribution in [-0.2, 0) is 62.3 Å². The molecule has 11 atom stereocenters. The Bertz CT molecular complexity index is 3250. The van der Waals surface area contributed by atoms with Crippen LogP contribution >= 0.6 is 0 Å². The van der Waals surface area contributed by atoms with Crippen molar-refractivity contribution in [3.8, 4) is 0 Å². The van der Waals surface area contributed by atoms with Gasteiger partial charge in [-0.2, -0.15) is 13.2 Å². The molecule has 0 radical (unpaired) electrons. The summed E-state index contributed by atoms with van der Waals surface area (Å²) in [7, 11) is 13.0. The Morgan fingerprint density at radius 3 is 1.86 bits per heavy atom. The highest BCUT2D eigenvalue weighted by Crippen LogP contribution is 2.56. The molecule has 25 nitrogen and oxygen atoms in total. The molecule has 0 aromatic heterocycles. The third-order valence-corrected chi connectivity index (χ3v) is 25.8. The summed E-state index contributed by atoms with van der Waals surface area (Å²) < 4.78 is 48.5. The minimum absolute atomic E-state index is 0.0121. The van der Waals surface area contributed by atoms with Gasteiger partial charge in [-0.05, 0) is 156 Å². The number of carbonyl (C=O) groups is 12. The van der Waals surface area contributed by atoms with Crippen LogP contribution in [0.1, 0.15) is 207 Å². The molecule has 6 aliphatic carbocycles. The third-order valence-electron chi connectivity index (χ3n) is 25.8. The Balaban J connectivity index is 1.10. The molecule has 3 N–H and O–H groups in total. The highest BCUT2D eigenvalue weighted by molar-refractivity contribution is 6.01. The summed E-state index contributed by atoms with van der Waals surface area (Å²) in [5.74, 6) is -9.60. The second-order valence-electron chi connectivity index (χ2n) is 34.5. The number of carbonyl (C=O) groups excluding carboxylic acids is 12. The zero-order chi connectivity index (χ0) is 77.7. The first-order chi connectivity index (χ1) is 49.9. The molecular weight excluding hydrogens is 1370 g/mol. The number of likely N-dealkylation sites (N-methyl/N-ethyl adjacent to an activating group) is 7. The van der Waals surface area contributed by atoms with Gasteiger partial charge in [-0.25, -0.2) is 0 Å². The van der Waals surface area contributed by atoms with Gasteiger partial charge >= 0.3 is 6.18 Å². The van der Waals surface area contributed by atoms with Crippen LogP contribution in [0.2, 0.25) is 0 Å². The summed E-state index contributed by atoms with van der Waals surface area (Å²) in [4.78, 5) is 195. The molecule has 12 amide bonds. The van der Waals surface area contributed by atoms with Crippen LogP contribution in [0.3, 0.4) is 0 Å². The molecule has 0 aromatic rings. The minimum atomic E-state index is -4.51. The number of methoxy groups -OCH3 is 1. The summed E-state index contributed by atoms with van der Waals surface area (Å²) in [5, 5.41) is 9.09. The number of ether oxygens (including phenoxy) is 1. The molecule has 28 heteroatoms. The lowest BCUT2D eigenvalue weighted by atomic mass is 9.58. The van der Waals surface area contributed by atoms with Gasteiger partial charge in [-0.15, -0.1) is 0 Å². The third kappa shape index (κ3) is 19.2. The Hall–Kier alpha value is -6.87. The molecule has 8 fully saturated rings. The lowest BCUT2D eigenvalue weighted by Gasteiger charge is -2.54. The van der Waals surface area contributed by atoms with Crippen LogP contribution in [0.4, 0.5) is 13.2 Å². The van der Waals surface area contributed by atoms with Crippen LogP contribution in [0.5, 0.6) is 0 Å². The lowest BCUT2D eigenvalue weighted by Crippen LogP contribution is -2.71. The molecule has 3 unspecified atom stereocenters. The van der Waals surface area contributed by atoms with Crippen molar-refractivity contribution in [1.29, 1.82) is 0 Å². The second-order valence-corrected chi connectivity index (χ2v) is 34.5. The van der Waals surface area contributed by atoms with Crippen molar-refractivity contribution in [2.45, 2.75) is 274 Å². The van der Waals surface area contributed by atoms with Gasteiger partial charge in [0.2, 0.25) is 70.9 Å². The first-order valence-electron chi connectivity index (χ1n) is 39.5. The second kappa shape index (κ2) is 34.8. The number of alkyl halides is 3. The van der Waals surface area contributed by atoms with Gasteiger partial charge in [-0.3, -0.25) is 57.5 Å². The maximum atomic E-state index is 15.8. The molecule has 9 rings (SSSR count). The van der Waals surface area contributed by atoms with Crippen molar-refractivity contribution in [2.24, 2.45) is 46.3 Å². The average Bonchev–Trinajstić information content (AvgIpc) is 1.37.